The minimum atomic E-state index is -4.56. The molecule has 0 bridgehead atoms. The van der Waals surface area contributed by atoms with Gasteiger partial charge in [-0.05, 0) is 48.9 Å². The molecule has 5 rings (SSSR count). The Kier molecular flexibility index (Phi) is 3.31. The second-order valence-corrected chi connectivity index (χ2v) is 6.67. The van der Waals surface area contributed by atoms with E-state index < -0.39 is 17.8 Å². The van der Waals surface area contributed by atoms with Crippen molar-refractivity contribution in [2.75, 3.05) is 0 Å². The Morgan fingerprint density at radius 3 is 2.44 bits per heavy atom. The number of alkyl halides is 3. The molecule has 0 aliphatic heterocycles. The van der Waals surface area contributed by atoms with Gasteiger partial charge >= 0.3 is 6.18 Å². The third-order valence-electron chi connectivity index (χ3n) is 5.12. The van der Waals surface area contributed by atoms with Crippen LogP contribution in [0.25, 0.3) is 33.1 Å². The lowest BCUT2D eigenvalue weighted by Gasteiger charge is -2.22. The molecule has 4 aromatic rings. The van der Waals surface area contributed by atoms with Gasteiger partial charge in [0.2, 0.25) is 5.95 Å². The lowest BCUT2D eigenvalue weighted by Crippen LogP contribution is -2.11. The molecule has 5 nitrogen and oxygen atoms in total. The van der Waals surface area contributed by atoms with Crippen molar-refractivity contribution in [3.63, 3.8) is 0 Å². The second-order valence-electron chi connectivity index (χ2n) is 6.67. The number of hydrogen-bond acceptors (Lipinski definition) is 3. The van der Waals surface area contributed by atoms with Crippen LogP contribution < -0.4 is 0 Å². The van der Waals surface area contributed by atoms with Gasteiger partial charge in [0.25, 0.3) is 0 Å². The van der Waals surface area contributed by atoms with Crippen LogP contribution in [0.1, 0.15) is 29.7 Å². The van der Waals surface area contributed by atoms with Crippen LogP contribution in [0.2, 0.25) is 0 Å². The summed E-state index contributed by atoms with van der Waals surface area (Å²) in [7, 11) is 0. The van der Waals surface area contributed by atoms with E-state index in [1.54, 1.807) is 12.1 Å². The molecule has 0 atom stereocenters. The standard InChI is InChI=1S/C18H13F4N5/c19-17-14-12(25-27-17)6-5-11-13(14)8-3-1-2-4-9(8)15(24-11)10-7-23-26-16(10)18(20,21)22/h5-7H,1-4H2,(H,23,26)(H,25,27). The Balaban J connectivity index is 1.89. The van der Waals surface area contributed by atoms with Crippen LogP contribution in [-0.2, 0) is 19.0 Å². The summed E-state index contributed by atoms with van der Waals surface area (Å²) in [5, 5.41) is 12.9. The van der Waals surface area contributed by atoms with Gasteiger partial charge in [-0.3, -0.25) is 10.2 Å². The first-order chi connectivity index (χ1) is 12.9. The summed E-state index contributed by atoms with van der Waals surface area (Å²) in [6.45, 7) is 0. The highest BCUT2D eigenvalue weighted by Gasteiger charge is 2.37. The molecule has 1 aliphatic rings. The van der Waals surface area contributed by atoms with E-state index in [0.29, 0.717) is 34.6 Å². The quantitative estimate of drug-likeness (QED) is 0.480. The van der Waals surface area contributed by atoms with E-state index in [1.807, 2.05) is 5.10 Å². The first kappa shape index (κ1) is 16.2. The Labute approximate surface area is 149 Å². The van der Waals surface area contributed by atoms with Gasteiger partial charge in [0.05, 0.1) is 33.9 Å². The number of fused-ring (bicyclic) bond motifs is 5. The van der Waals surface area contributed by atoms with Gasteiger partial charge in [0.15, 0.2) is 0 Å². The Morgan fingerprint density at radius 1 is 0.926 bits per heavy atom. The smallest absolute Gasteiger partial charge is 0.273 e. The van der Waals surface area contributed by atoms with Gasteiger partial charge in [-0.25, -0.2) is 4.98 Å². The van der Waals surface area contributed by atoms with Crippen LogP contribution in [0.5, 0.6) is 0 Å². The minimum absolute atomic E-state index is 0.0738. The largest absolute Gasteiger partial charge is 0.433 e. The van der Waals surface area contributed by atoms with Gasteiger partial charge in [0.1, 0.15) is 5.69 Å². The third kappa shape index (κ3) is 2.34. The molecule has 0 spiro atoms. The van der Waals surface area contributed by atoms with E-state index in [9.17, 15) is 17.6 Å². The Morgan fingerprint density at radius 2 is 1.67 bits per heavy atom. The Hall–Kier alpha value is -2.97. The fourth-order valence-corrected chi connectivity index (χ4v) is 3.99. The number of rotatable bonds is 1. The molecule has 0 unspecified atom stereocenters. The van der Waals surface area contributed by atoms with Gasteiger partial charge in [-0.1, -0.05) is 0 Å². The molecule has 9 heteroatoms. The van der Waals surface area contributed by atoms with Gasteiger partial charge < -0.3 is 0 Å². The highest BCUT2D eigenvalue weighted by atomic mass is 19.4. The topological polar surface area (TPSA) is 70.2 Å². The molecule has 0 saturated carbocycles. The summed E-state index contributed by atoms with van der Waals surface area (Å²) in [4.78, 5) is 4.51. The van der Waals surface area contributed by atoms with Crippen molar-refractivity contribution in [1.82, 2.24) is 25.4 Å². The number of aryl methyl sites for hydroxylation is 1. The first-order valence-electron chi connectivity index (χ1n) is 8.54. The molecular formula is C18H13F4N5. The maximum absolute atomic E-state index is 14.3. The number of H-pyrrole nitrogens is 2. The molecule has 3 heterocycles. The zero-order valence-corrected chi connectivity index (χ0v) is 13.9. The summed E-state index contributed by atoms with van der Waals surface area (Å²) in [5.41, 5.74) is 1.78. The average molecular weight is 375 g/mol. The molecule has 1 aliphatic carbocycles. The van der Waals surface area contributed by atoms with E-state index in [-0.39, 0.29) is 11.3 Å². The number of aromatic amines is 2. The molecule has 3 aromatic heterocycles. The van der Waals surface area contributed by atoms with E-state index in [0.717, 1.165) is 30.2 Å². The summed E-state index contributed by atoms with van der Waals surface area (Å²) in [6, 6.07) is 3.28. The molecule has 1 aromatic carbocycles. The van der Waals surface area contributed by atoms with Crippen molar-refractivity contribution in [3.8, 4) is 11.3 Å². The van der Waals surface area contributed by atoms with Crippen LogP contribution >= 0.6 is 0 Å². The average Bonchev–Trinajstić information content (AvgIpc) is 3.28. The number of benzene rings is 1. The molecule has 0 amide bonds. The lowest BCUT2D eigenvalue weighted by atomic mass is 9.85. The van der Waals surface area contributed by atoms with E-state index in [2.05, 4.69) is 20.3 Å². The lowest BCUT2D eigenvalue weighted by molar-refractivity contribution is -0.140. The minimum Gasteiger partial charge on any atom is -0.273 e. The summed E-state index contributed by atoms with van der Waals surface area (Å²) < 4.78 is 54.4. The van der Waals surface area contributed by atoms with Crippen molar-refractivity contribution in [3.05, 3.63) is 41.1 Å². The molecular weight excluding hydrogens is 362 g/mol. The SMILES string of the molecule is Fc1[nH]nc2ccc3nc(-c4cn[nH]c4C(F)(F)F)c4c(c3c12)CCCC4. The van der Waals surface area contributed by atoms with Gasteiger partial charge in [0, 0.05) is 5.39 Å². The van der Waals surface area contributed by atoms with E-state index in [4.69, 9.17) is 0 Å². The number of hydrogen-bond donors (Lipinski definition) is 2. The predicted molar refractivity (Wildman–Crippen MR) is 90.6 cm³/mol. The fraction of sp³-hybridized carbons (Fsp3) is 0.278. The molecule has 138 valence electrons. The van der Waals surface area contributed by atoms with Crippen LogP contribution in [0.15, 0.2) is 18.3 Å². The summed E-state index contributed by atoms with van der Waals surface area (Å²) in [5.74, 6) is -0.558. The van der Waals surface area contributed by atoms with Gasteiger partial charge in [-0.15, -0.1) is 0 Å². The fourth-order valence-electron chi connectivity index (χ4n) is 3.99. The molecule has 0 fully saturated rings. The van der Waals surface area contributed by atoms with Crippen LogP contribution in [-0.4, -0.2) is 25.4 Å². The highest BCUT2D eigenvalue weighted by molar-refractivity contribution is 6.08. The summed E-state index contributed by atoms with van der Waals surface area (Å²) >= 11 is 0. The zero-order chi connectivity index (χ0) is 18.8. The monoisotopic (exact) mass is 375 g/mol. The number of aromatic nitrogens is 5. The summed E-state index contributed by atoms with van der Waals surface area (Å²) in [6.07, 6.45) is -0.432. The van der Waals surface area contributed by atoms with E-state index in [1.165, 1.54) is 0 Å². The van der Waals surface area contributed by atoms with Crippen LogP contribution in [0, 0.1) is 5.95 Å². The van der Waals surface area contributed by atoms with Crippen LogP contribution in [0.4, 0.5) is 17.6 Å². The van der Waals surface area contributed by atoms with Gasteiger partial charge in [-0.2, -0.15) is 27.8 Å². The van der Waals surface area contributed by atoms with Crippen molar-refractivity contribution in [1.29, 1.82) is 0 Å². The molecule has 0 saturated heterocycles. The molecule has 27 heavy (non-hydrogen) atoms. The first-order valence-corrected chi connectivity index (χ1v) is 8.54. The number of nitrogens with zero attached hydrogens (tertiary/aromatic N) is 3. The highest BCUT2D eigenvalue weighted by Crippen LogP contribution is 2.41. The third-order valence-corrected chi connectivity index (χ3v) is 5.12. The van der Waals surface area contributed by atoms with Crippen LogP contribution in [0.3, 0.4) is 0 Å². The maximum Gasteiger partial charge on any atom is 0.433 e. The normalized spacial score (nSPS) is 14.8. The van der Waals surface area contributed by atoms with Crippen molar-refractivity contribution < 1.29 is 17.6 Å². The number of pyridine rings is 1. The zero-order valence-electron chi connectivity index (χ0n) is 13.9. The molecule has 2 N–H and O–H groups in total. The van der Waals surface area contributed by atoms with Crippen molar-refractivity contribution >= 4 is 21.8 Å². The van der Waals surface area contributed by atoms with E-state index >= 15 is 0 Å². The maximum atomic E-state index is 14.3. The second kappa shape index (κ2) is 5.51. The number of nitrogens with one attached hydrogen (secondary N) is 2. The predicted octanol–water partition coefficient (Wildman–Crippen LogP) is 4.54. The Bertz CT molecular complexity index is 1190. The molecule has 0 radical (unpaired) electrons. The number of halogens is 4. The van der Waals surface area contributed by atoms with Crippen molar-refractivity contribution in [2.24, 2.45) is 0 Å². The van der Waals surface area contributed by atoms with Crippen molar-refractivity contribution in [2.45, 2.75) is 31.9 Å².